The molecule has 1 amide bonds. The second kappa shape index (κ2) is 9.46. The standard InChI is InChI=1S/C22H24Cl2N2O4S/c23-18-12-17(13-19(24)14-18)21-15-25(10-11-30-21)22(27)16-4-6-20(7-5-16)31(28,29)26-8-2-1-3-9-26/h4-7,12-14,21H,1-3,8-11,15H2. The lowest BCUT2D eigenvalue weighted by molar-refractivity contribution is -0.0228. The van der Waals surface area contributed by atoms with Crippen LogP contribution in [-0.4, -0.2) is 56.3 Å². The van der Waals surface area contributed by atoms with E-state index in [2.05, 4.69) is 0 Å². The fourth-order valence-corrected chi connectivity index (χ4v) is 6.06. The molecule has 1 atom stereocenters. The zero-order chi connectivity index (χ0) is 22.0. The summed E-state index contributed by atoms with van der Waals surface area (Å²) >= 11 is 12.2. The van der Waals surface area contributed by atoms with Crippen LogP contribution in [0.2, 0.25) is 10.0 Å². The van der Waals surface area contributed by atoms with Gasteiger partial charge in [-0.3, -0.25) is 4.79 Å². The Bertz CT molecular complexity index is 1030. The number of carbonyl (C=O) groups is 1. The average Bonchev–Trinajstić information content (AvgIpc) is 2.79. The predicted molar refractivity (Wildman–Crippen MR) is 120 cm³/mol. The van der Waals surface area contributed by atoms with Crippen molar-refractivity contribution in [3.8, 4) is 0 Å². The van der Waals surface area contributed by atoms with Crippen LogP contribution in [0.25, 0.3) is 0 Å². The van der Waals surface area contributed by atoms with Crippen LogP contribution < -0.4 is 0 Å². The van der Waals surface area contributed by atoms with Gasteiger partial charge in [-0.15, -0.1) is 0 Å². The fourth-order valence-electron chi connectivity index (χ4n) is 4.00. The third-order valence-electron chi connectivity index (χ3n) is 5.66. The van der Waals surface area contributed by atoms with Crippen LogP contribution in [0, 0.1) is 0 Å². The Morgan fingerprint density at radius 3 is 2.23 bits per heavy atom. The van der Waals surface area contributed by atoms with E-state index in [0.29, 0.717) is 48.4 Å². The van der Waals surface area contributed by atoms with Crippen molar-refractivity contribution >= 4 is 39.1 Å². The molecule has 4 rings (SSSR count). The molecule has 9 heteroatoms. The Balaban J connectivity index is 1.47. The Hall–Kier alpha value is -1.64. The number of piperidine rings is 1. The van der Waals surface area contributed by atoms with Crippen LogP contribution in [0.3, 0.4) is 0 Å². The molecule has 2 aliphatic heterocycles. The van der Waals surface area contributed by atoms with E-state index in [9.17, 15) is 13.2 Å². The number of amides is 1. The fraction of sp³-hybridized carbons (Fsp3) is 0.409. The second-order valence-corrected chi connectivity index (χ2v) is 10.6. The van der Waals surface area contributed by atoms with Crippen LogP contribution in [0.5, 0.6) is 0 Å². The molecule has 1 unspecified atom stereocenters. The lowest BCUT2D eigenvalue weighted by Crippen LogP contribution is -2.42. The molecule has 0 bridgehead atoms. The minimum Gasteiger partial charge on any atom is -0.370 e. The highest BCUT2D eigenvalue weighted by atomic mass is 35.5. The Morgan fingerprint density at radius 2 is 1.58 bits per heavy atom. The molecule has 2 fully saturated rings. The number of hydrogen-bond acceptors (Lipinski definition) is 4. The monoisotopic (exact) mass is 482 g/mol. The summed E-state index contributed by atoms with van der Waals surface area (Å²) < 4.78 is 33.0. The maximum Gasteiger partial charge on any atom is 0.254 e. The minimum atomic E-state index is -3.52. The van der Waals surface area contributed by atoms with Gasteiger partial charge in [0.2, 0.25) is 10.0 Å². The summed E-state index contributed by atoms with van der Waals surface area (Å²) in [5, 5.41) is 1.03. The van der Waals surface area contributed by atoms with Gasteiger partial charge in [0, 0.05) is 35.2 Å². The van der Waals surface area contributed by atoms with Crippen molar-refractivity contribution in [1.29, 1.82) is 0 Å². The van der Waals surface area contributed by atoms with Gasteiger partial charge in [0.25, 0.3) is 5.91 Å². The van der Waals surface area contributed by atoms with Gasteiger partial charge in [-0.05, 0) is 60.9 Å². The van der Waals surface area contributed by atoms with Gasteiger partial charge in [-0.1, -0.05) is 29.6 Å². The van der Waals surface area contributed by atoms with Gasteiger partial charge in [0.05, 0.1) is 18.0 Å². The summed E-state index contributed by atoms with van der Waals surface area (Å²) in [4.78, 5) is 15.0. The first-order valence-corrected chi connectivity index (χ1v) is 12.5. The summed E-state index contributed by atoms with van der Waals surface area (Å²) in [5.41, 5.74) is 1.26. The highest BCUT2D eigenvalue weighted by Gasteiger charge is 2.28. The van der Waals surface area contributed by atoms with Crippen molar-refractivity contribution < 1.29 is 17.9 Å². The lowest BCUT2D eigenvalue weighted by Gasteiger charge is -2.33. The molecule has 0 spiro atoms. The van der Waals surface area contributed by atoms with Crippen molar-refractivity contribution in [2.75, 3.05) is 32.8 Å². The van der Waals surface area contributed by atoms with Crippen molar-refractivity contribution in [3.63, 3.8) is 0 Å². The number of halogens is 2. The molecule has 0 saturated carbocycles. The van der Waals surface area contributed by atoms with E-state index in [-0.39, 0.29) is 16.9 Å². The molecule has 0 aliphatic carbocycles. The molecule has 2 aromatic rings. The molecule has 0 radical (unpaired) electrons. The predicted octanol–water partition coefficient (Wildman–Crippen LogP) is 4.38. The molecule has 31 heavy (non-hydrogen) atoms. The van der Waals surface area contributed by atoms with Gasteiger partial charge in [0.15, 0.2) is 0 Å². The number of sulfonamides is 1. The van der Waals surface area contributed by atoms with Crippen LogP contribution in [0.15, 0.2) is 47.4 Å². The molecular weight excluding hydrogens is 459 g/mol. The number of ether oxygens (including phenoxy) is 1. The summed E-state index contributed by atoms with van der Waals surface area (Å²) in [6.45, 7) is 2.31. The number of nitrogens with zero attached hydrogens (tertiary/aromatic N) is 2. The number of morpholine rings is 1. The molecule has 2 aliphatic rings. The summed E-state index contributed by atoms with van der Waals surface area (Å²) in [6, 6.07) is 11.4. The van der Waals surface area contributed by atoms with E-state index in [1.165, 1.54) is 16.4 Å². The molecule has 6 nitrogen and oxygen atoms in total. The number of carbonyl (C=O) groups excluding carboxylic acids is 1. The molecule has 0 aromatic heterocycles. The molecule has 0 N–H and O–H groups in total. The average molecular weight is 483 g/mol. The highest BCUT2D eigenvalue weighted by molar-refractivity contribution is 7.89. The maximum absolute atomic E-state index is 13.0. The van der Waals surface area contributed by atoms with Crippen LogP contribution in [0.4, 0.5) is 0 Å². The quantitative estimate of drug-likeness (QED) is 0.648. The van der Waals surface area contributed by atoms with Crippen molar-refractivity contribution in [3.05, 3.63) is 63.6 Å². The molecule has 2 aromatic carbocycles. The topological polar surface area (TPSA) is 66.9 Å². The van der Waals surface area contributed by atoms with Crippen LogP contribution >= 0.6 is 23.2 Å². The Labute approximate surface area is 192 Å². The first-order valence-electron chi connectivity index (χ1n) is 10.3. The van der Waals surface area contributed by atoms with Crippen molar-refractivity contribution in [2.24, 2.45) is 0 Å². The summed E-state index contributed by atoms with van der Waals surface area (Å²) in [7, 11) is -3.52. The van der Waals surface area contributed by atoms with E-state index >= 15 is 0 Å². The van der Waals surface area contributed by atoms with Crippen molar-refractivity contribution in [2.45, 2.75) is 30.3 Å². The Morgan fingerprint density at radius 1 is 0.935 bits per heavy atom. The first-order chi connectivity index (χ1) is 14.8. The third-order valence-corrected chi connectivity index (χ3v) is 8.01. The summed E-state index contributed by atoms with van der Waals surface area (Å²) in [6.07, 6.45) is 2.49. The van der Waals surface area contributed by atoms with E-state index in [1.807, 2.05) is 0 Å². The SMILES string of the molecule is O=C(c1ccc(S(=O)(=O)N2CCCCC2)cc1)N1CCOC(c2cc(Cl)cc(Cl)c2)C1. The largest absolute Gasteiger partial charge is 0.370 e. The van der Waals surface area contributed by atoms with E-state index in [4.69, 9.17) is 27.9 Å². The number of rotatable bonds is 4. The highest BCUT2D eigenvalue weighted by Crippen LogP contribution is 2.29. The zero-order valence-electron chi connectivity index (χ0n) is 17.0. The Kier molecular flexibility index (Phi) is 6.89. The van der Waals surface area contributed by atoms with Gasteiger partial charge >= 0.3 is 0 Å². The first kappa shape index (κ1) is 22.6. The number of hydrogen-bond donors (Lipinski definition) is 0. The van der Waals surface area contributed by atoms with Gasteiger partial charge in [0.1, 0.15) is 6.10 Å². The van der Waals surface area contributed by atoms with Crippen LogP contribution in [0.1, 0.15) is 41.3 Å². The van der Waals surface area contributed by atoms with E-state index < -0.39 is 10.0 Å². The van der Waals surface area contributed by atoms with Crippen molar-refractivity contribution in [1.82, 2.24) is 9.21 Å². The normalized spacial score (nSPS) is 20.6. The van der Waals surface area contributed by atoms with Gasteiger partial charge in [-0.2, -0.15) is 4.31 Å². The third kappa shape index (κ3) is 5.07. The lowest BCUT2D eigenvalue weighted by atomic mass is 10.1. The molecular formula is C22H24Cl2N2O4S. The smallest absolute Gasteiger partial charge is 0.254 e. The zero-order valence-corrected chi connectivity index (χ0v) is 19.3. The number of benzene rings is 2. The summed E-state index contributed by atoms with van der Waals surface area (Å²) in [5.74, 6) is -0.164. The molecule has 166 valence electrons. The maximum atomic E-state index is 13.0. The minimum absolute atomic E-state index is 0.164. The van der Waals surface area contributed by atoms with Gasteiger partial charge in [-0.25, -0.2) is 8.42 Å². The van der Waals surface area contributed by atoms with Crippen LogP contribution in [-0.2, 0) is 14.8 Å². The molecule has 2 saturated heterocycles. The van der Waals surface area contributed by atoms with E-state index in [0.717, 1.165) is 24.8 Å². The molecule has 2 heterocycles. The van der Waals surface area contributed by atoms with Gasteiger partial charge < -0.3 is 9.64 Å². The van der Waals surface area contributed by atoms with E-state index in [1.54, 1.807) is 35.2 Å². The second-order valence-electron chi connectivity index (χ2n) is 7.80.